The van der Waals surface area contributed by atoms with E-state index >= 15 is 0 Å². The van der Waals surface area contributed by atoms with Crippen molar-refractivity contribution >= 4 is 44.3 Å². The molecule has 0 amide bonds. The lowest BCUT2D eigenvalue weighted by molar-refractivity contribution is 0.0698. The highest BCUT2D eigenvalue weighted by atomic mass is 79.9. The van der Waals surface area contributed by atoms with Crippen LogP contribution in [0.25, 0.3) is 11.0 Å². The fourth-order valence-electron chi connectivity index (χ4n) is 2.26. The van der Waals surface area contributed by atoms with Gasteiger partial charge >= 0.3 is 5.97 Å². The average molecular weight is 351 g/mol. The zero-order valence-electron chi connectivity index (χ0n) is 10.6. The van der Waals surface area contributed by atoms with E-state index in [4.69, 9.17) is 0 Å². The minimum Gasteiger partial charge on any atom is -0.478 e. The monoisotopic (exact) mass is 350 g/mol. The quantitative estimate of drug-likeness (QED) is 0.778. The summed E-state index contributed by atoms with van der Waals surface area (Å²) >= 11 is 5.07. The van der Waals surface area contributed by atoms with Gasteiger partial charge < -0.3 is 9.67 Å². The molecule has 0 saturated heterocycles. The van der Waals surface area contributed by atoms with Crippen LogP contribution in [0.3, 0.4) is 0 Å². The molecule has 0 fully saturated rings. The number of halogens is 1. The number of nitrogens with zero attached hydrogens (tertiary/aromatic N) is 2. The van der Waals surface area contributed by atoms with Crippen LogP contribution in [0.4, 0.5) is 0 Å². The third-order valence-electron chi connectivity index (χ3n) is 3.12. The molecule has 3 aromatic rings. The van der Waals surface area contributed by atoms with Gasteiger partial charge in [0.2, 0.25) is 0 Å². The smallest absolute Gasteiger partial charge is 0.337 e. The molecule has 0 unspecified atom stereocenters. The van der Waals surface area contributed by atoms with Crippen molar-refractivity contribution in [3.8, 4) is 0 Å². The van der Waals surface area contributed by atoms with Crippen LogP contribution in [0.5, 0.6) is 0 Å². The second kappa shape index (κ2) is 5.03. The number of imidazole rings is 1. The van der Waals surface area contributed by atoms with Gasteiger partial charge in [0.05, 0.1) is 23.1 Å². The number of para-hydroxylation sites is 1. The SMILES string of the molecule is Cc1nc2cccc(C(=O)O)c2n1Cc1cc(Br)cs1. The molecule has 1 N–H and O–H groups in total. The third kappa shape index (κ3) is 2.25. The first-order valence-electron chi connectivity index (χ1n) is 5.98. The normalized spacial score (nSPS) is 11.1. The summed E-state index contributed by atoms with van der Waals surface area (Å²) in [4.78, 5) is 17.0. The molecule has 0 aliphatic rings. The Kier molecular flexibility index (Phi) is 3.35. The van der Waals surface area contributed by atoms with E-state index in [1.807, 2.05) is 29.0 Å². The Hall–Kier alpha value is -1.66. The maximum Gasteiger partial charge on any atom is 0.337 e. The second-order valence-corrected chi connectivity index (χ2v) is 6.37. The molecule has 1 aromatic carbocycles. The Labute approximate surface area is 127 Å². The fraction of sp³-hybridized carbons (Fsp3) is 0.143. The number of carboxylic acid groups (broad SMARTS) is 1. The summed E-state index contributed by atoms with van der Waals surface area (Å²) in [5.74, 6) is -0.109. The van der Waals surface area contributed by atoms with Gasteiger partial charge in [0.1, 0.15) is 5.82 Å². The molecule has 0 spiro atoms. The maximum atomic E-state index is 11.4. The first-order valence-corrected chi connectivity index (χ1v) is 7.65. The van der Waals surface area contributed by atoms with Gasteiger partial charge in [-0.15, -0.1) is 11.3 Å². The van der Waals surface area contributed by atoms with Crippen LogP contribution >= 0.6 is 27.3 Å². The minimum absolute atomic E-state index is 0.290. The van der Waals surface area contributed by atoms with E-state index in [0.717, 1.165) is 20.7 Å². The summed E-state index contributed by atoms with van der Waals surface area (Å²) < 4.78 is 3.00. The minimum atomic E-state index is -0.927. The summed E-state index contributed by atoms with van der Waals surface area (Å²) in [6.45, 7) is 2.52. The number of benzene rings is 1. The van der Waals surface area contributed by atoms with Crippen LogP contribution in [-0.2, 0) is 6.54 Å². The van der Waals surface area contributed by atoms with Crippen molar-refractivity contribution in [1.29, 1.82) is 0 Å². The van der Waals surface area contributed by atoms with Crippen molar-refractivity contribution in [3.63, 3.8) is 0 Å². The second-order valence-electron chi connectivity index (χ2n) is 4.45. The predicted molar refractivity (Wildman–Crippen MR) is 82.6 cm³/mol. The van der Waals surface area contributed by atoms with Gasteiger partial charge in [-0.3, -0.25) is 0 Å². The van der Waals surface area contributed by atoms with E-state index in [1.165, 1.54) is 0 Å². The molecule has 0 atom stereocenters. The van der Waals surface area contributed by atoms with E-state index < -0.39 is 5.97 Å². The summed E-state index contributed by atoms with van der Waals surface area (Å²) in [7, 11) is 0. The van der Waals surface area contributed by atoms with Crippen molar-refractivity contribution in [3.05, 3.63) is 50.4 Å². The van der Waals surface area contributed by atoms with Crippen LogP contribution in [0.2, 0.25) is 0 Å². The summed E-state index contributed by atoms with van der Waals surface area (Å²) in [5, 5.41) is 11.4. The molecule has 3 rings (SSSR count). The summed E-state index contributed by atoms with van der Waals surface area (Å²) in [6.07, 6.45) is 0. The number of aromatic carboxylic acids is 1. The zero-order valence-corrected chi connectivity index (χ0v) is 13.0. The summed E-state index contributed by atoms with van der Waals surface area (Å²) in [6, 6.07) is 7.23. The van der Waals surface area contributed by atoms with E-state index in [-0.39, 0.29) is 0 Å². The molecule has 4 nitrogen and oxygen atoms in total. The van der Waals surface area contributed by atoms with Crippen molar-refractivity contribution in [1.82, 2.24) is 9.55 Å². The van der Waals surface area contributed by atoms with Crippen molar-refractivity contribution < 1.29 is 9.90 Å². The highest BCUT2D eigenvalue weighted by molar-refractivity contribution is 9.10. The Morgan fingerprint density at radius 1 is 1.50 bits per heavy atom. The number of hydrogen-bond donors (Lipinski definition) is 1. The predicted octanol–water partition coefficient (Wildman–Crippen LogP) is 3.92. The first-order chi connectivity index (χ1) is 9.56. The number of carboxylic acids is 1. The van der Waals surface area contributed by atoms with Crippen molar-refractivity contribution in [2.45, 2.75) is 13.5 Å². The number of thiophene rings is 1. The van der Waals surface area contributed by atoms with Crippen LogP contribution in [0.15, 0.2) is 34.1 Å². The molecule has 0 bridgehead atoms. The van der Waals surface area contributed by atoms with Crippen LogP contribution in [-0.4, -0.2) is 20.6 Å². The molecule has 0 aliphatic heterocycles. The van der Waals surface area contributed by atoms with E-state index in [9.17, 15) is 9.90 Å². The highest BCUT2D eigenvalue weighted by Gasteiger charge is 2.16. The molecular formula is C14H11BrN2O2S. The van der Waals surface area contributed by atoms with E-state index in [2.05, 4.69) is 20.9 Å². The molecule has 20 heavy (non-hydrogen) atoms. The Morgan fingerprint density at radius 2 is 2.30 bits per heavy atom. The Bertz CT molecular complexity index is 807. The molecule has 0 saturated carbocycles. The maximum absolute atomic E-state index is 11.4. The van der Waals surface area contributed by atoms with Gasteiger partial charge in [-0.05, 0) is 41.1 Å². The fourth-order valence-corrected chi connectivity index (χ4v) is 3.70. The molecular weight excluding hydrogens is 340 g/mol. The summed E-state index contributed by atoms with van der Waals surface area (Å²) in [5.41, 5.74) is 1.69. The van der Waals surface area contributed by atoms with E-state index in [0.29, 0.717) is 17.6 Å². The highest BCUT2D eigenvalue weighted by Crippen LogP contribution is 2.25. The molecule has 102 valence electrons. The van der Waals surface area contributed by atoms with Crippen LogP contribution in [0, 0.1) is 6.92 Å². The number of fused-ring (bicyclic) bond motifs is 1. The molecule has 0 radical (unpaired) electrons. The van der Waals surface area contributed by atoms with Crippen LogP contribution in [0.1, 0.15) is 21.1 Å². The Morgan fingerprint density at radius 3 is 2.95 bits per heavy atom. The van der Waals surface area contributed by atoms with Gasteiger partial charge in [0, 0.05) is 14.7 Å². The van der Waals surface area contributed by atoms with Crippen LogP contribution < -0.4 is 0 Å². The standard InChI is InChI=1S/C14H11BrN2O2S/c1-8-16-12-4-2-3-11(14(18)19)13(12)17(8)6-10-5-9(15)7-20-10/h2-5,7H,6H2,1H3,(H,18,19). The first kappa shape index (κ1) is 13.3. The number of hydrogen-bond acceptors (Lipinski definition) is 3. The molecule has 6 heteroatoms. The van der Waals surface area contributed by atoms with Gasteiger partial charge in [0.25, 0.3) is 0 Å². The van der Waals surface area contributed by atoms with Gasteiger partial charge in [0.15, 0.2) is 0 Å². The van der Waals surface area contributed by atoms with Gasteiger partial charge in [-0.2, -0.15) is 0 Å². The Balaban J connectivity index is 2.18. The zero-order chi connectivity index (χ0) is 14.3. The largest absolute Gasteiger partial charge is 0.478 e. The lowest BCUT2D eigenvalue weighted by Crippen LogP contribution is -2.05. The number of aromatic nitrogens is 2. The number of rotatable bonds is 3. The molecule has 2 aromatic heterocycles. The van der Waals surface area contributed by atoms with Crippen molar-refractivity contribution in [2.75, 3.05) is 0 Å². The lowest BCUT2D eigenvalue weighted by Gasteiger charge is -2.07. The van der Waals surface area contributed by atoms with Gasteiger partial charge in [-0.1, -0.05) is 6.07 Å². The average Bonchev–Trinajstić information content (AvgIpc) is 2.94. The van der Waals surface area contributed by atoms with Gasteiger partial charge in [-0.25, -0.2) is 9.78 Å². The number of aryl methyl sites for hydroxylation is 1. The van der Waals surface area contributed by atoms with Crippen molar-refractivity contribution in [2.24, 2.45) is 0 Å². The molecule has 0 aliphatic carbocycles. The number of carbonyl (C=O) groups is 1. The third-order valence-corrected chi connectivity index (χ3v) is 4.81. The molecule has 2 heterocycles. The topological polar surface area (TPSA) is 55.1 Å². The van der Waals surface area contributed by atoms with E-state index in [1.54, 1.807) is 23.5 Å². The lowest BCUT2D eigenvalue weighted by atomic mass is 10.2.